The van der Waals surface area contributed by atoms with E-state index in [0.29, 0.717) is 19.0 Å². The Hall–Kier alpha value is -2.50. The van der Waals surface area contributed by atoms with Crippen molar-refractivity contribution in [1.82, 2.24) is 9.80 Å². The second kappa shape index (κ2) is 8.89. The molecule has 1 unspecified atom stereocenters. The number of rotatable bonds is 4. The first kappa shape index (κ1) is 19.8. The van der Waals surface area contributed by atoms with Crippen molar-refractivity contribution in [3.8, 4) is 5.75 Å². The third-order valence-electron chi connectivity index (χ3n) is 6.52. The number of piperidine rings is 1. The van der Waals surface area contributed by atoms with Gasteiger partial charge in [-0.15, -0.1) is 0 Å². The lowest BCUT2D eigenvalue weighted by Crippen LogP contribution is -2.50. The van der Waals surface area contributed by atoms with Crippen LogP contribution in [0.15, 0.2) is 35.9 Å². The number of hydrogen-bond acceptors (Lipinski definition) is 4. The maximum Gasteiger partial charge on any atom is 0.232 e. The summed E-state index contributed by atoms with van der Waals surface area (Å²) in [7, 11) is 1.68. The van der Waals surface area contributed by atoms with Gasteiger partial charge < -0.3 is 19.4 Å². The lowest BCUT2D eigenvalue weighted by molar-refractivity contribution is -0.141. The minimum atomic E-state index is -0.0468. The number of piperazine rings is 1. The van der Waals surface area contributed by atoms with Crippen molar-refractivity contribution in [2.24, 2.45) is 5.92 Å². The van der Waals surface area contributed by atoms with Gasteiger partial charge in [0.25, 0.3) is 0 Å². The largest absolute Gasteiger partial charge is 0.495 e. The molecule has 0 aromatic heterocycles. The fourth-order valence-electron chi connectivity index (χ4n) is 4.79. The zero-order valence-corrected chi connectivity index (χ0v) is 17.3. The highest BCUT2D eigenvalue weighted by Crippen LogP contribution is 2.32. The monoisotopic (exact) mass is 397 g/mol. The summed E-state index contributed by atoms with van der Waals surface area (Å²) in [6.07, 6.45) is 7.00. The zero-order chi connectivity index (χ0) is 20.2. The molecule has 1 aromatic rings. The molecule has 0 saturated carbocycles. The highest BCUT2D eigenvalue weighted by atomic mass is 16.5. The van der Waals surface area contributed by atoms with Crippen LogP contribution in [0.5, 0.6) is 5.75 Å². The van der Waals surface area contributed by atoms with Gasteiger partial charge in [-0.05, 0) is 43.7 Å². The number of anilines is 1. The maximum atomic E-state index is 12.7. The number of nitrogens with zero attached hydrogens (tertiary/aromatic N) is 3. The number of hydrogen-bond donors (Lipinski definition) is 0. The van der Waals surface area contributed by atoms with Gasteiger partial charge in [0.1, 0.15) is 12.2 Å². The van der Waals surface area contributed by atoms with Gasteiger partial charge in [-0.25, -0.2) is 0 Å². The Bertz CT molecular complexity index is 783. The molecule has 29 heavy (non-hydrogen) atoms. The Kier molecular flexibility index (Phi) is 6.07. The van der Waals surface area contributed by atoms with Gasteiger partial charge in [0.05, 0.1) is 12.8 Å². The van der Waals surface area contributed by atoms with E-state index in [2.05, 4.69) is 11.0 Å². The summed E-state index contributed by atoms with van der Waals surface area (Å²) >= 11 is 0. The minimum Gasteiger partial charge on any atom is -0.495 e. The Morgan fingerprint density at radius 3 is 2.55 bits per heavy atom. The second-order valence-electron chi connectivity index (χ2n) is 8.23. The fraction of sp³-hybridized carbons (Fsp3) is 0.565. The molecular formula is C23H31N3O3. The van der Waals surface area contributed by atoms with E-state index in [9.17, 15) is 9.59 Å². The molecule has 2 fully saturated rings. The van der Waals surface area contributed by atoms with Crippen LogP contribution in [0.4, 0.5) is 5.69 Å². The molecule has 3 aliphatic rings. The molecule has 4 rings (SSSR count). The van der Waals surface area contributed by atoms with E-state index in [1.165, 1.54) is 18.4 Å². The van der Waals surface area contributed by atoms with Gasteiger partial charge in [-0.2, -0.15) is 0 Å². The van der Waals surface area contributed by atoms with Crippen LogP contribution in [-0.2, 0) is 9.59 Å². The predicted octanol–water partition coefficient (Wildman–Crippen LogP) is 2.69. The van der Waals surface area contributed by atoms with Crippen molar-refractivity contribution in [2.45, 2.75) is 32.1 Å². The summed E-state index contributed by atoms with van der Waals surface area (Å²) in [6, 6.07) is 7.96. The molecule has 1 aliphatic carbocycles. The first-order chi connectivity index (χ1) is 14.2. The van der Waals surface area contributed by atoms with Gasteiger partial charge in [-0.1, -0.05) is 23.8 Å². The van der Waals surface area contributed by atoms with Gasteiger partial charge in [0.2, 0.25) is 11.8 Å². The molecule has 1 aromatic carbocycles. The number of amides is 2. The van der Waals surface area contributed by atoms with E-state index in [0.717, 1.165) is 50.5 Å². The van der Waals surface area contributed by atoms with Crippen LogP contribution in [0.3, 0.4) is 0 Å². The van der Waals surface area contributed by atoms with Crippen molar-refractivity contribution < 1.29 is 14.3 Å². The SMILES string of the molecule is COc1ccccc1N1CCN(C(=O)CC(=O)N2CCC3CCCC=C3C2)CC1. The van der Waals surface area contributed by atoms with Crippen molar-refractivity contribution in [3.05, 3.63) is 35.9 Å². The van der Waals surface area contributed by atoms with Crippen LogP contribution in [0.1, 0.15) is 32.1 Å². The van der Waals surface area contributed by atoms with Gasteiger partial charge in [0.15, 0.2) is 0 Å². The summed E-state index contributed by atoms with van der Waals surface area (Å²) in [5.41, 5.74) is 2.47. The number of carbonyl (C=O) groups excluding carboxylic acids is 2. The molecular weight excluding hydrogens is 366 g/mol. The Balaban J connectivity index is 1.29. The van der Waals surface area contributed by atoms with E-state index in [1.54, 1.807) is 7.11 Å². The van der Waals surface area contributed by atoms with Crippen LogP contribution in [0.25, 0.3) is 0 Å². The van der Waals surface area contributed by atoms with Crippen LogP contribution >= 0.6 is 0 Å². The summed E-state index contributed by atoms with van der Waals surface area (Å²) in [6.45, 7) is 4.28. The molecule has 1 atom stereocenters. The Labute approximate surface area is 173 Å². The topological polar surface area (TPSA) is 53.1 Å². The number of para-hydroxylation sites is 2. The molecule has 156 valence electrons. The summed E-state index contributed by atoms with van der Waals surface area (Å²) in [5, 5.41) is 0. The van der Waals surface area contributed by atoms with E-state index >= 15 is 0 Å². The standard InChI is InChI=1S/C23H31N3O3/c1-29-21-9-5-4-8-20(21)24-12-14-25(15-13-24)22(27)16-23(28)26-11-10-18-6-2-3-7-19(18)17-26/h4-5,7-9,18H,2-3,6,10-17H2,1H3. The molecule has 6 nitrogen and oxygen atoms in total. The average molecular weight is 398 g/mol. The third-order valence-corrected chi connectivity index (χ3v) is 6.52. The molecule has 2 aliphatic heterocycles. The number of fused-ring (bicyclic) bond motifs is 1. The van der Waals surface area contributed by atoms with E-state index in [1.807, 2.05) is 34.1 Å². The number of carbonyl (C=O) groups is 2. The van der Waals surface area contributed by atoms with E-state index in [4.69, 9.17) is 4.74 Å². The molecule has 2 amide bonds. The molecule has 2 heterocycles. The van der Waals surface area contributed by atoms with Crippen LogP contribution < -0.4 is 9.64 Å². The number of allylic oxidation sites excluding steroid dienone is 1. The Morgan fingerprint density at radius 1 is 1.00 bits per heavy atom. The average Bonchev–Trinajstić information content (AvgIpc) is 2.78. The summed E-state index contributed by atoms with van der Waals surface area (Å²) in [5.74, 6) is 1.44. The Morgan fingerprint density at radius 2 is 1.76 bits per heavy atom. The summed E-state index contributed by atoms with van der Waals surface area (Å²) in [4.78, 5) is 31.4. The molecule has 2 saturated heterocycles. The quantitative estimate of drug-likeness (QED) is 0.579. The number of benzene rings is 1. The van der Waals surface area contributed by atoms with Gasteiger partial charge in [0, 0.05) is 39.3 Å². The molecule has 0 radical (unpaired) electrons. The van der Waals surface area contributed by atoms with Crippen LogP contribution in [0, 0.1) is 5.92 Å². The lowest BCUT2D eigenvalue weighted by atomic mass is 9.82. The molecule has 0 spiro atoms. The highest BCUT2D eigenvalue weighted by Gasteiger charge is 2.30. The molecule has 6 heteroatoms. The highest BCUT2D eigenvalue weighted by molar-refractivity contribution is 5.97. The van der Waals surface area contributed by atoms with Crippen LogP contribution in [0.2, 0.25) is 0 Å². The normalized spacial score (nSPS) is 22.0. The first-order valence-electron chi connectivity index (χ1n) is 10.8. The first-order valence-corrected chi connectivity index (χ1v) is 10.8. The second-order valence-corrected chi connectivity index (χ2v) is 8.23. The summed E-state index contributed by atoms with van der Waals surface area (Å²) < 4.78 is 5.45. The number of ether oxygens (including phenoxy) is 1. The smallest absolute Gasteiger partial charge is 0.232 e. The number of methoxy groups -OCH3 is 1. The van der Waals surface area contributed by atoms with Gasteiger partial charge in [-0.3, -0.25) is 9.59 Å². The molecule has 0 N–H and O–H groups in total. The van der Waals surface area contributed by atoms with Crippen molar-refractivity contribution >= 4 is 17.5 Å². The maximum absolute atomic E-state index is 12.7. The minimum absolute atomic E-state index is 0.00734. The fourth-order valence-corrected chi connectivity index (χ4v) is 4.79. The van der Waals surface area contributed by atoms with Crippen molar-refractivity contribution in [3.63, 3.8) is 0 Å². The van der Waals surface area contributed by atoms with E-state index < -0.39 is 0 Å². The van der Waals surface area contributed by atoms with Crippen molar-refractivity contribution in [2.75, 3.05) is 51.3 Å². The lowest BCUT2D eigenvalue weighted by Gasteiger charge is -2.38. The van der Waals surface area contributed by atoms with Crippen molar-refractivity contribution in [1.29, 1.82) is 0 Å². The number of likely N-dealkylation sites (tertiary alicyclic amines) is 1. The van der Waals surface area contributed by atoms with E-state index in [-0.39, 0.29) is 18.2 Å². The molecule has 0 bridgehead atoms. The van der Waals surface area contributed by atoms with Gasteiger partial charge >= 0.3 is 0 Å². The van der Waals surface area contributed by atoms with Crippen LogP contribution in [-0.4, -0.2) is 68.0 Å². The predicted molar refractivity (Wildman–Crippen MR) is 113 cm³/mol. The third kappa shape index (κ3) is 4.41. The zero-order valence-electron chi connectivity index (χ0n) is 17.3.